The maximum absolute atomic E-state index is 11.4. The summed E-state index contributed by atoms with van der Waals surface area (Å²) >= 11 is 0. The molecule has 1 aliphatic heterocycles. The fraction of sp³-hybridized carbons (Fsp3) is 0.818. The summed E-state index contributed by atoms with van der Waals surface area (Å²) < 4.78 is 0. The Kier molecular flexibility index (Phi) is 3.36. The molecular weight excluding hydrogens is 192 g/mol. The van der Waals surface area contributed by atoms with Gasteiger partial charge in [-0.05, 0) is 32.2 Å². The van der Waals surface area contributed by atoms with E-state index in [1.807, 2.05) is 0 Å². The number of nitrogens with zero attached hydrogens (tertiary/aromatic N) is 1. The van der Waals surface area contributed by atoms with Crippen LogP contribution in [-0.4, -0.2) is 35.8 Å². The van der Waals surface area contributed by atoms with Crippen LogP contribution < -0.4 is 5.32 Å². The summed E-state index contributed by atoms with van der Waals surface area (Å²) in [7, 11) is 0. The molecule has 84 valence electrons. The predicted molar refractivity (Wildman–Crippen MR) is 56.2 cm³/mol. The molecule has 2 aliphatic rings. The first kappa shape index (κ1) is 10.6. The molecule has 2 fully saturated rings. The highest BCUT2D eigenvalue weighted by Gasteiger charge is 2.25. The number of hydrogen-bond acceptors (Lipinski definition) is 3. The van der Waals surface area contributed by atoms with Crippen LogP contribution in [0.3, 0.4) is 0 Å². The van der Waals surface area contributed by atoms with Gasteiger partial charge in [-0.25, -0.2) is 0 Å². The minimum absolute atomic E-state index is 0.0117. The highest BCUT2D eigenvalue weighted by Crippen LogP contribution is 2.18. The van der Waals surface area contributed by atoms with Gasteiger partial charge in [0.05, 0.1) is 0 Å². The van der Waals surface area contributed by atoms with Crippen LogP contribution in [0, 0.1) is 0 Å². The van der Waals surface area contributed by atoms with Crippen LogP contribution in [0.1, 0.15) is 38.5 Å². The van der Waals surface area contributed by atoms with Crippen molar-refractivity contribution in [3.05, 3.63) is 0 Å². The van der Waals surface area contributed by atoms with Gasteiger partial charge in [-0.3, -0.25) is 14.5 Å². The average molecular weight is 210 g/mol. The van der Waals surface area contributed by atoms with Crippen molar-refractivity contribution < 1.29 is 9.59 Å². The fourth-order valence-corrected chi connectivity index (χ4v) is 1.88. The van der Waals surface area contributed by atoms with Crippen LogP contribution in [0.4, 0.5) is 0 Å². The molecule has 4 heteroatoms. The zero-order valence-electron chi connectivity index (χ0n) is 9.00. The summed E-state index contributed by atoms with van der Waals surface area (Å²) in [5.41, 5.74) is 0. The van der Waals surface area contributed by atoms with E-state index in [4.69, 9.17) is 0 Å². The Balaban J connectivity index is 1.66. The third-order valence-corrected chi connectivity index (χ3v) is 2.95. The number of imide groups is 1. The average Bonchev–Trinajstić information content (AvgIpc) is 3.00. The van der Waals surface area contributed by atoms with Gasteiger partial charge >= 0.3 is 0 Å². The lowest BCUT2D eigenvalue weighted by molar-refractivity contribution is -0.147. The minimum atomic E-state index is 0.0117. The van der Waals surface area contributed by atoms with E-state index < -0.39 is 0 Å². The summed E-state index contributed by atoms with van der Waals surface area (Å²) in [6, 6.07) is 0.706. The smallest absolute Gasteiger partial charge is 0.229 e. The summed E-state index contributed by atoms with van der Waals surface area (Å²) in [6.07, 6.45) is 5.26. The minimum Gasteiger partial charge on any atom is -0.314 e. The van der Waals surface area contributed by atoms with E-state index in [0.717, 1.165) is 19.4 Å². The molecule has 2 rings (SSSR count). The lowest BCUT2D eigenvalue weighted by Crippen LogP contribution is -2.41. The van der Waals surface area contributed by atoms with E-state index in [1.165, 1.54) is 17.7 Å². The molecule has 0 aromatic heterocycles. The van der Waals surface area contributed by atoms with Crippen LogP contribution in [-0.2, 0) is 9.59 Å². The molecule has 0 aromatic rings. The molecule has 1 saturated carbocycles. The third-order valence-electron chi connectivity index (χ3n) is 2.95. The van der Waals surface area contributed by atoms with Crippen molar-refractivity contribution in [1.82, 2.24) is 10.2 Å². The molecule has 0 spiro atoms. The molecule has 1 N–H and O–H groups in total. The maximum Gasteiger partial charge on any atom is 0.229 e. The normalized spacial score (nSPS) is 22.3. The topological polar surface area (TPSA) is 49.4 Å². The fourth-order valence-electron chi connectivity index (χ4n) is 1.88. The number of rotatable bonds is 5. The van der Waals surface area contributed by atoms with E-state index >= 15 is 0 Å². The van der Waals surface area contributed by atoms with E-state index in [2.05, 4.69) is 5.32 Å². The van der Waals surface area contributed by atoms with E-state index in [-0.39, 0.29) is 11.8 Å². The highest BCUT2D eigenvalue weighted by molar-refractivity contribution is 5.97. The zero-order valence-corrected chi connectivity index (χ0v) is 9.00. The van der Waals surface area contributed by atoms with Crippen LogP contribution >= 0.6 is 0 Å². The molecule has 1 saturated heterocycles. The molecule has 1 heterocycles. The molecule has 0 unspecified atom stereocenters. The van der Waals surface area contributed by atoms with Gasteiger partial charge in [0.1, 0.15) is 0 Å². The number of hydrogen-bond donors (Lipinski definition) is 1. The van der Waals surface area contributed by atoms with E-state index in [9.17, 15) is 9.59 Å². The van der Waals surface area contributed by atoms with Crippen LogP contribution in [0.15, 0.2) is 0 Å². The van der Waals surface area contributed by atoms with Gasteiger partial charge in [0.2, 0.25) is 11.8 Å². The number of nitrogens with one attached hydrogen (secondary N) is 1. The Hall–Kier alpha value is -0.900. The van der Waals surface area contributed by atoms with Crippen molar-refractivity contribution in [1.29, 1.82) is 0 Å². The van der Waals surface area contributed by atoms with Crippen LogP contribution in [0.5, 0.6) is 0 Å². The van der Waals surface area contributed by atoms with Crippen molar-refractivity contribution in [2.24, 2.45) is 0 Å². The molecule has 0 aromatic carbocycles. The Morgan fingerprint density at radius 1 is 1.20 bits per heavy atom. The first-order valence-corrected chi connectivity index (χ1v) is 5.84. The molecule has 2 amide bonds. The quantitative estimate of drug-likeness (QED) is 0.536. The number of carbonyl (C=O) groups is 2. The number of likely N-dealkylation sites (tertiary alicyclic amines) is 1. The van der Waals surface area contributed by atoms with Crippen LogP contribution in [0.25, 0.3) is 0 Å². The second-order valence-corrected chi connectivity index (χ2v) is 4.37. The standard InChI is InChI=1S/C11H18N2O2/c14-10-3-1-4-11(15)13(10)8-2-7-12-9-5-6-9/h9,12H,1-8H2. The Morgan fingerprint density at radius 3 is 2.47 bits per heavy atom. The third kappa shape index (κ3) is 3.02. The van der Waals surface area contributed by atoms with Gasteiger partial charge in [-0.1, -0.05) is 0 Å². The largest absolute Gasteiger partial charge is 0.314 e. The summed E-state index contributed by atoms with van der Waals surface area (Å²) in [5.74, 6) is 0.0235. The van der Waals surface area contributed by atoms with Crippen LogP contribution in [0.2, 0.25) is 0 Å². The zero-order chi connectivity index (χ0) is 10.7. The Morgan fingerprint density at radius 2 is 1.87 bits per heavy atom. The highest BCUT2D eigenvalue weighted by atomic mass is 16.2. The van der Waals surface area contributed by atoms with E-state index in [1.54, 1.807) is 0 Å². The molecule has 15 heavy (non-hydrogen) atoms. The van der Waals surface area contributed by atoms with Gasteiger partial charge in [-0.2, -0.15) is 0 Å². The summed E-state index contributed by atoms with van der Waals surface area (Å²) in [5, 5.41) is 3.38. The number of piperidine rings is 1. The Labute approximate surface area is 90.0 Å². The molecular formula is C11H18N2O2. The van der Waals surface area contributed by atoms with Crippen molar-refractivity contribution >= 4 is 11.8 Å². The summed E-state index contributed by atoms with van der Waals surface area (Å²) in [6.45, 7) is 1.51. The predicted octanol–water partition coefficient (Wildman–Crippen LogP) is 0.668. The van der Waals surface area contributed by atoms with Crippen molar-refractivity contribution in [2.75, 3.05) is 13.1 Å². The molecule has 0 bridgehead atoms. The second kappa shape index (κ2) is 4.75. The summed E-state index contributed by atoms with van der Waals surface area (Å²) in [4.78, 5) is 24.3. The lowest BCUT2D eigenvalue weighted by Gasteiger charge is -2.24. The maximum atomic E-state index is 11.4. The van der Waals surface area contributed by atoms with Gasteiger partial charge < -0.3 is 5.32 Å². The second-order valence-electron chi connectivity index (χ2n) is 4.37. The van der Waals surface area contributed by atoms with Gasteiger partial charge in [-0.15, -0.1) is 0 Å². The van der Waals surface area contributed by atoms with Gasteiger partial charge in [0, 0.05) is 25.4 Å². The first-order chi connectivity index (χ1) is 7.27. The number of amides is 2. The van der Waals surface area contributed by atoms with Crippen molar-refractivity contribution in [2.45, 2.75) is 44.6 Å². The van der Waals surface area contributed by atoms with Crippen molar-refractivity contribution in [3.63, 3.8) is 0 Å². The number of carbonyl (C=O) groups excluding carboxylic acids is 2. The molecule has 4 nitrogen and oxygen atoms in total. The van der Waals surface area contributed by atoms with Gasteiger partial charge in [0.25, 0.3) is 0 Å². The molecule has 1 aliphatic carbocycles. The Bertz CT molecular complexity index is 245. The monoisotopic (exact) mass is 210 g/mol. The molecule has 0 radical (unpaired) electrons. The first-order valence-electron chi connectivity index (χ1n) is 5.84. The van der Waals surface area contributed by atoms with Gasteiger partial charge in [0.15, 0.2) is 0 Å². The molecule has 0 atom stereocenters. The SMILES string of the molecule is O=C1CCCC(=O)N1CCCNC1CC1. The van der Waals surface area contributed by atoms with E-state index in [0.29, 0.717) is 25.4 Å². The lowest BCUT2D eigenvalue weighted by atomic mass is 10.1. The van der Waals surface area contributed by atoms with Crippen molar-refractivity contribution in [3.8, 4) is 0 Å².